The molecule has 1 aromatic heterocycles. The SMILES string of the molecule is Cc1cccc(C(=O)N2C[C@@H](CF)[C@H](c3nc(C4CC4)n[nH]3)C2)c1. The number of aromatic amines is 1. The van der Waals surface area contributed by atoms with E-state index in [1.54, 1.807) is 4.90 Å². The summed E-state index contributed by atoms with van der Waals surface area (Å²) in [6, 6.07) is 7.52. The smallest absolute Gasteiger partial charge is 0.253 e. The zero-order valence-electron chi connectivity index (χ0n) is 13.7. The zero-order valence-corrected chi connectivity index (χ0v) is 13.7. The molecule has 126 valence electrons. The van der Waals surface area contributed by atoms with Crippen molar-refractivity contribution < 1.29 is 9.18 Å². The van der Waals surface area contributed by atoms with Crippen LogP contribution in [-0.2, 0) is 0 Å². The summed E-state index contributed by atoms with van der Waals surface area (Å²) in [4.78, 5) is 19.0. The minimum absolute atomic E-state index is 0.0402. The molecule has 1 aliphatic heterocycles. The molecule has 1 N–H and O–H groups in total. The Morgan fingerprint density at radius 1 is 1.38 bits per heavy atom. The van der Waals surface area contributed by atoms with Gasteiger partial charge in [0, 0.05) is 36.4 Å². The van der Waals surface area contributed by atoms with Crippen LogP contribution in [-0.4, -0.2) is 45.8 Å². The van der Waals surface area contributed by atoms with Gasteiger partial charge in [-0.1, -0.05) is 17.7 Å². The number of carbonyl (C=O) groups is 1. The number of aromatic nitrogens is 3. The van der Waals surface area contributed by atoms with Gasteiger partial charge in [-0.2, -0.15) is 5.10 Å². The Morgan fingerprint density at radius 2 is 2.21 bits per heavy atom. The molecule has 24 heavy (non-hydrogen) atoms. The molecule has 2 heterocycles. The lowest BCUT2D eigenvalue weighted by atomic mass is 9.97. The summed E-state index contributed by atoms with van der Waals surface area (Å²) in [7, 11) is 0. The van der Waals surface area contributed by atoms with E-state index < -0.39 is 6.67 Å². The van der Waals surface area contributed by atoms with Gasteiger partial charge in [0.1, 0.15) is 5.82 Å². The second-order valence-electron chi connectivity index (χ2n) is 6.95. The number of rotatable bonds is 4. The van der Waals surface area contributed by atoms with Gasteiger partial charge in [0.15, 0.2) is 5.82 Å². The molecule has 1 saturated heterocycles. The van der Waals surface area contributed by atoms with Crippen LogP contribution in [0.1, 0.15) is 52.2 Å². The molecule has 2 fully saturated rings. The van der Waals surface area contributed by atoms with Gasteiger partial charge in [-0.15, -0.1) is 0 Å². The molecule has 6 heteroatoms. The average molecular weight is 328 g/mol. The maximum absolute atomic E-state index is 13.5. The summed E-state index contributed by atoms with van der Waals surface area (Å²) in [5.74, 6) is 1.65. The Hall–Kier alpha value is -2.24. The first kappa shape index (κ1) is 15.3. The largest absolute Gasteiger partial charge is 0.338 e. The number of benzene rings is 1. The molecule has 2 aliphatic rings. The van der Waals surface area contributed by atoms with Crippen molar-refractivity contribution in [3.63, 3.8) is 0 Å². The Balaban J connectivity index is 1.53. The number of nitrogens with one attached hydrogen (secondary N) is 1. The number of aryl methyl sites for hydroxylation is 1. The van der Waals surface area contributed by atoms with Crippen LogP contribution in [0.2, 0.25) is 0 Å². The number of carbonyl (C=O) groups excluding carboxylic acids is 1. The van der Waals surface area contributed by atoms with Crippen LogP contribution in [0.3, 0.4) is 0 Å². The van der Waals surface area contributed by atoms with Gasteiger partial charge in [-0.25, -0.2) is 4.98 Å². The first-order valence-electron chi connectivity index (χ1n) is 8.50. The van der Waals surface area contributed by atoms with Crippen molar-refractivity contribution in [1.82, 2.24) is 20.1 Å². The first-order valence-corrected chi connectivity index (χ1v) is 8.50. The Morgan fingerprint density at radius 3 is 2.92 bits per heavy atom. The molecule has 1 aliphatic carbocycles. The third kappa shape index (κ3) is 2.81. The summed E-state index contributed by atoms with van der Waals surface area (Å²) in [5, 5.41) is 7.25. The van der Waals surface area contributed by atoms with Crippen LogP contribution in [0, 0.1) is 12.8 Å². The standard InChI is InChI=1S/C18H21FN4O/c1-11-3-2-4-13(7-11)18(24)23-9-14(8-19)15(10-23)17-20-16(21-22-17)12-5-6-12/h2-4,7,12,14-15H,5-6,8-10H2,1H3,(H,20,21,22)/t14-,15-/m1/s1. The molecule has 1 amide bonds. The lowest BCUT2D eigenvalue weighted by molar-refractivity contribution is 0.0784. The Kier molecular flexibility index (Phi) is 3.82. The van der Waals surface area contributed by atoms with E-state index in [1.807, 2.05) is 31.2 Å². The van der Waals surface area contributed by atoms with Gasteiger partial charge in [-0.3, -0.25) is 14.3 Å². The molecule has 2 atom stereocenters. The van der Waals surface area contributed by atoms with Crippen LogP contribution in [0.4, 0.5) is 4.39 Å². The van der Waals surface area contributed by atoms with E-state index in [2.05, 4.69) is 15.2 Å². The maximum atomic E-state index is 13.5. The highest BCUT2D eigenvalue weighted by molar-refractivity contribution is 5.94. The predicted molar refractivity (Wildman–Crippen MR) is 87.6 cm³/mol. The number of alkyl halides is 1. The van der Waals surface area contributed by atoms with Crippen LogP contribution >= 0.6 is 0 Å². The lowest BCUT2D eigenvalue weighted by Gasteiger charge is -2.16. The monoisotopic (exact) mass is 328 g/mol. The predicted octanol–water partition coefficient (Wildman–Crippen LogP) is 2.82. The fourth-order valence-corrected chi connectivity index (χ4v) is 3.44. The number of amides is 1. The zero-order chi connectivity index (χ0) is 16.7. The Bertz CT molecular complexity index is 755. The quantitative estimate of drug-likeness (QED) is 0.939. The summed E-state index contributed by atoms with van der Waals surface area (Å²) >= 11 is 0. The summed E-state index contributed by atoms with van der Waals surface area (Å²) in [6.45, 7) is 2.41. The molecule has 2 aromatic rings. The highest BCUT2D eigenvalue weighted by Crippen LogP contribution is 2.39. The summed E-state index contributed by atoms with van der Waals surface area (Å²) < 4.78 is 13.5. The Labute approximate surface area is 140 Å². The topological polar surface area (TPSA) is 61.9 Å². The van der Waals surface area contributed by atoms with E-state index in [1.165, 1.54) is 0 Å². The molecule has 1 aromatic carbocycles. The second-order valence-corrected chi connectivity index (χ2v) is 6.95. The number of H-pyrrole nitrogens is 1. The van der Waals surface area contributed by atoms with Gasteiger partial charge in [0.25, 0.3) is 5.91 Å². The van der Waals surface area contributed by atoms with E-state index in [0.717, 1.165) is 30.1 Å². The van der Waals surface area contributed by atoms with Gasteiger partial charge < -0.3 is 4.90 Å². The molecule has 0 spiro atoms. The van der Waals surface area contributed by atoms with Crippen molar-refractivity contribution in [3.8, 4) is 0 Å². The molecular formula is C18H21FN4O. The van der Waals surface area contributed by atoms with Crippen molar-refractivity contribution in [3.05, 3.63) is 47.0 Å². The highest BCUT2D eigenvalue weighted by Gasteiger charge is 2.39. The number of likely N-dealkylation sites (tertiary alicyclic amines) is 1. The van der Waals surface area contributed by atoms with E-state index in [9.17, 15) is 9.18 Å². The van der Waals surface area contributed by atoms with Crippen molar-refractivity contribution >= 4 is 5.91 Å². The van der Waals surface area contributed by atoms with Crippen LogP contribution < -0.4 is 0 Å². The summed E-state index contributed by atoms with van der Waals surface area (Å²) in [6.07, 6.45) is 2.26. The molecule has 0 bridgehead atoms. The number of halogens is 1. The van der Waals surface area contributed by atoms with Gasteiger partial charge >= 0.3 is 0 Å². The number of hydrogen-bond donors (Lipinski definition) is 1. The van der Waals surface area contributed by atoms with E-state index in [-0.39, 0.29) is 17.7 Å². The molecular weight excluding hydrogens is 307 g/mol. The van der Waals surface area contributed by atoms with Crippen molar-refractivity contribution in [2.75, 3.05) is 19.8 Å². The molecule has 5 nitrogen and oxygen atoms in total. The van der Waals surface area contributed by atoms with Gasteiger partial charge in [0.05, 0.1) is 6.67 Å². The number of hydrogen-bond acceptors (Lipinski definition) is 3. The van der Waals surface area contributed by atoms with Crippen molar-refractivity contribution in [2.24, 2.45) is 5.92 Å². The third-order valence-corrected chi connectivity index (χ3v) is 5.01. The van der Waals surface area contributed by atoms with Crippen LogP contribution in [0.5, 0.6) is 0 Å². The minimum Gasteiger partial charge on any atom is -0.338 e. The molecule has 4 rings (SSSR count). The van der Waals surface area contributed by atoms with Crippen LogP contribution in [0.25, 0.3) is 0 Å². The molecule has 0 radical (unpaired) electrons. The normalized spacial score (nSPS) is 23.7. The third-order valence-electron chi connectivity index (χ3n) is 5.01. The van der Waals surface area contributed by atoms with Crippen LogP contribution in [0.15, 0.2) is 24.3 Å². The van der Waals surface area contributed by atoms with Crippen molar-refractivity contribution in [1.29, 1.82) is 0 Å². The van der Waals surface area contributed by atoms with E-state index in [4.69, 9.17) is 0 Å². The van der Waals surface area contributed by atoms with E-state index >= 15 is 0 Å². The lowest BCUT2D eigenvalue weighted by Crippen LogP contribution is -2.29. The molecule has 0 unspecified atom stereocenters. The first-order chi connectivity index (χ1) is 11.7. The van der Waals surface area contributed by atoms with Gasteiger partial charge in [-0.05, 0) is 31.9 Å². The number of nitrogens with zero attached hydrogens (tertiary/aromatic N) is 3. The fourth-order valence-electron chi connectivity index (χ4n) is 3.44. The fraction of sp³-hybridized carbons (Fsp3) is 0.500. The minimum atomic E-state index is -0.457. The second kappa shape index (κ2) is 6.00. The van der Waals surface area contributed by atoms with E-state index in [0.29, 0.717) is 24.6 Å². The molecule has 1 saturated carbocycles. The maximum Gasteiger partial charge on any atom is 0.253 e. The summed E-state index contributed by atoms with van der Waals surface area (Å²) in [5.41, 5.74) is 1.70. The van der Waals surface area contributed by atoms with Crippen molar-refractivity contribution in [2.45, 2.75) is 31.6 Å². The average Bonchev–Trinajstić information content (AvgIpc) is 3.17. The van der Waals surface area contributed by atoms with Gasteiger partial charge in [0.2, 0.25) is 0 Å². The highest BCUT2D eigenvalue weighted by atomic mass is 19.1.